The van der Waals surface area contributed by atoms with E-state index in [4.69, 9.17) is 28.3 Å². The van der Waals surface area contributed by atoms with Gasteiger partial charge in [-0.2, -0.15) is 16.4 Å². The summed E-state index contributed by atoms with van der Waals surface area (Å²) >= 11 is 18.0. The minimum atomic E-state index is -0.157. The SMILES string of the molecule is O=C(NN1CCCCC1)c1nn(-c2ccc(Cl)cc2Cl)c2c1CCCC2=Cc1cscc1Br. The zero-order valence-corrected chi connectivity index (χ0v) is 21.8. The van der Waals surface area contributed by atoms with Crippen LogP contribution in [0.5, 0.6) is 0 Å². The number of thiophene rings is 1. The van der Waals surface area contributed by atoms with E-state index in [1.807, 2.05) is 15.8 Å². The molecule has 2 aliphatic rings. The average molecular weight is 566 g/mol. The first-order valence-corrected chi connectivity index (χ1v) is 13.6. The third-order valence-electron chi connectivity index (χ3n) is 6.10. The van der Waals surface area contributed by atoms with Gasteiger partial charge in [-0.25, -0.2) is 9.69 Å². The molecule has 3 aromatic rings. The molecule has 5 rings (SSSR count). The molecule has 1 aliphatic heterocycles. The van der Waals surface area contributed by atoms with Gasteiger partial charge in [0.25, 0.3) is 5.91 Å². The van der Waals surface area contributed by atoms with Gasteiger partial charge in [0.05, 0.1) is 16.4 Å². The largest absolute Gasteiger partial charge is 0.286 e. The van der Waals surface area contributed by atoms with Crippen molar-refractivity contribution in [3.63, 3.8) is 0 Å². The highest BCUT2D eigenvalue weighted by molar-refractivity contribution is 9.10. The second-order valence-corrected chi connectivity index (χ2v) is 10.8. The second kappa shape index (κ2) is 9.92. The van der Waals surface area contributed by atoms with Crippen molar-refractivity contribution in [3.8, 4) is 5.69 Å². The van der Waals surface area contributed by atoms with Gasteiger partial charge in [-0.15, -0.1) is 0 Å². The van der Waals surface area contributed by atoms with Crippen molar-refractivity contribution in [3.05, 3.63) is 66.0 Å². The number of carbonyl (C=O) groups excluding carboxylic acids is 1. The van der Waals surface area contributed by atoms with Crippen LogP contribution in [0.4, 0.5) is 0 Å². The van der Waals surface area contributed by atoms with Crippen LogP contribution in [0, 0.1) is 0 Å². The van der Waals surface area contributed by atoms with Crippen molar-refractivity contribution in [1.29, 1.82) is 0 Å². The van der Waals surface area contributed by atoms with Crippen LogP contribution in [0.3, 0.4) is 0 Å². The molecule has 2 aromatic heterocycles. The van der Waals surface area contributed by atoms with E-state index >= 15 is 0 Å². The van der Waals surface area contributed by atoms with E-state index in [9.17, 15) is 4.79 Å². The molecular formula is C24H23BrCl2N4OS. The zero-order chi connectivity index (χ0) is 22.9. The van der Waals surface area contributed by atoms with E-state index in [1.54, 1.807) is 23.5 Å². The van der Waals surface area contributed by atoms with Crippen molar-refractivity contribution < 1.29 is 4.79 Å². The molecule has 0 saturated carbocycles. The van der Waals surface area contributed by atoms with Gasteiger partial charge in [-0.3, -0.25) is 10.2 Å². The maximum atomic E-state index is 13.3. The highest BCUT2D eigenvalue weighted by Crippen LogP contribution is 2.38. The number of carbonyl (C=O) groups is 1. The van der Waals surface area contributed by atoms with Crippen LogP contribution in [0.2, 0.25) is 10.0 Å². The molecule has 0 radical (unpaired) electrons. The lowest BCUT2D eigenvalue weighted by Crippen LogP contribution is -2.45. The fourth-order valence-electron chi connectivity index (χ4n) is 4.53. The van der Waals surface area contributed by atoms with E-state index in [0.717, 1.165) is 72.1 Å². The standard InChI is InChI=1S/C24H23BrCl2N4OS/c25-19-14-33-13-16(19)11-15-5-4-6-18-22(24(32)29-30-9-2-1-3-10-30)28-31(23(15)18)21-8-7-17(26)12-20(21)27/h7-8,11-14H,1-6,9-10H2,(H,29,32). The number of rotatable bonds is 4. The molecule has 3 heterocycles. The van der Waals surface area contributed by atoms with Crippen molar-refractivity contribution >= 4 is 68.0 Å². The number of hydrogen-bond donors (Lipinski definition) is 1. The molecule has 1 saturated heterocycles. The average Bonchev–Trinajstić information content (AvgIpc) is 3.39. The van der Waals surface area contributed by atoms with E-state index in [-0.39, 0.29) is 5.91 Å². The normalized spacial score (nSPS) is 17.8. The van der Waals surface area contributed by atoms with Crippen LogP contribution in [-0.2, 0) is 6.42 Å². The first kappa shape index (κ1) is 23.1. The van der Waals surface area contributed by atoms with Crippen LogP contribution in [0.15, 0.2) is 33.4 Å². The molecule has 1 N–H and O–H groups in total. The number of hydrogen-bond acceptors (Lipinski definition) is 4. The van der Waals surface area contributed by atoms with E-state index in [0.29, 0.717) is 21.4 Å². The summed E-state index contributed by atoms with van der Waals surface area (Å²) in [6, 6.07) is 5.37. The summed E-state index contributed by atoms with van der Waals surface area (Å²) in [7, 11) is 0. The summed E-state index contributed by atoms with van der Waals surface area (Å²) in [5.74, 6) is -0.157. The number of nitrogens with one attached hydrogen (secondary N) is 1. The minimum absolute atomic E-state index is 0.157. The van der Waals surface area contributed by atoms with E-state index in [1.165, 1.54) is 6.42 Å². The zero-order valence-electron chi connectivity index (χ0n) is 17.9. The van der Waals surface area contributed by atoms with Gasteiger partial charge < -0.3 is 0 Å². The Hall–Kier alpha value is -1.64. The summed E-state index contributed by atoms with van der Waals surface area (Å²) in [5, 5.41) is 12.1. The molecule has 1 amide bonds. The summed E-state index contributed by atoms with van der Waals surface area (Å²) in [5.41, 5.74) is 8.46. The molecule has 0 atom stereocenters. The van der Waals surface area contributed by atoms with Gasteiger partial charge in [0.1, 0.15) is 0 Å². The fraction of sp³-hybridized carbons (Fsp3) is 0.333. The van der Waals surface area contributed by atoms with Crippen LogP contribution in [0.1, 0.15) is 59.4 Å². The van der Waals surface area contributed by atoms with Gasteiger partial charge in [0, 0.05) is 33.5 Å². The van der Waals surface area contributed by atoms with Crippen molar-refractivity contribution in [1.82, 2.24) is 20.2 Å². The molecule has 0 spiro atoms. The van der Waals surface area contributed by atoms with Gasteiger partial charge in [-0.1, -0.05) is 29.6 Å². The molecule has 0 unspecified atom stereocenters. The Morgan fingerprint density at radius 1 is 1.12 bits per heavy atom. The van der Waals surface area contributed by atoms with Crippen LogP contribution in [-0.4, -0.2) is 33.8 Å². The molecule has 1 fully saturated rings. The maximum Gasteiger partial charge on any atom is 0.286 e. The molecular weight excluding hydrogens is 543 g/mol. The first-order valence-electron chi connectivity index (χ1n) is 11.1. The van der Waals surface area contributed by atoms with Crippen molar-refractivity contribution in [2.24, 2.45) is 0 Å². The lowest BCUT2D eigenvalue weighted by Gasteiger charge is -2.26. The third kappa shape index (κ3) is 4.80. The predicted molar refractivity (Wildman–Crippen MR) is 139 cm³/mol. The Balaban J connectivity index is 1.62. The number of nitrogens with zero attached hydrogens (tertiary/aromatic N) is 3. The molecule has 9 heteroatoms. The number of halogens is 3. The quantitative estimate of drug-likeness (QED) is 0.370. The van der Waals surface area contributed by atoms with Crippen LogP contribution < -0.4 is 5.43 Å². The molecule has 1 aliphatic carbocycles. The number of hydrazine groups is 1. The molecule has 1 aromatic carbocycles. The smallest absolute Gasteiger partial charge is 0.283 e. The molecule has 172 valence electrons. The second-order valence-electron chi connectivity index (χ2n) is 8.37. The van der Waals surface area contributed by atoms with Crippen LogP contribution in [0.25, 0.3) is 17.3 Å². The summed E-state index contributed by atoms with van der Waals surface area (Å²) in [4.78, 5) is 13.3. The monoisotopic (exact) mass is 564 g/mol. The Morgan fingerprint density at radius 3 is 2.67 bits per heavy atom. The lowest BCUT2D eigenvalue weighted by atomic mass is 9.90. The summed E-state index contributed by atoms with van der Waals surface area (Å²) in [6.07, 6.45) is 8.24. The van der Waals surface area contributed by atoms with Gasteiger partial charge >= 0.3 is 0 Å². The predicted octanol–water partition coefficient (Wildman–Crippen LogP) is 7.01. The van der Waals surface area contributed by atoms with Gasteiger partial charge in [-0.05, 0) is 88.8 Å². The van der Waals surface area contributed by atoms with E-state index < -0.39 is 0 Å². The summed E-state index contributed by atoms with van der Waals surface area (Å²) < 4.78 is 2.88. The highest BCUT2D eigenvalue weighted by atomic mass is 79.9. The number of aromatic nitrogens is 2. The number of fused-ring (bicyclic) bond motifs is 1. The molecule has 33 heavy (non-hydrogen) atoms. The van der Waals surface area contributed by atoms with Crippen molar-refractivity contribution in [2.75, 3.05) is 13.1 Å². The molecule has 0 bridgehead atoms. The number of benzene rings is 1. The number of allylic oxidation sites excluding steroid dienone is 1. The molecule has 5 nitrogen and oxygen atoms in total. The van der Waals surface area contributed by atoms with Gasteiger partial charge in [0.15, 0.2) is 5.69 Å². The minimum Gasteiger partial charge on any atom is -0.283 e. The Morgan fingerprint density at radius 2 is 1.94 bits per heavy atom. The van der Waals surface area contributed by atoms with Crippen molar-refractivity contribution in [2.45, 2.75) is 38.5 Å². The Kier molecular flexibility index (Phi) is 6.95. The lowest BCUT2D eigenvalue weighted by molar-refractivity contribution is 0.0743. The highest BCUT2D eigenvalue weighted by Gasteiger charge is 2.30. The fourth-order valence-corrected chi connectivity index (χ4v) is 6.38. The van der Waals surface area contributed by atoms with E-state index in [2.05, 4.69) is 38.2 Å². The number of piperidine rings is 1. The maximum absolute atomic E-state index is 13.3. The Bertz CT molecular complexity index is 1230. The summed E-state index contributed by atoms with van der Waals surface area (Å²) in [6.45, 7) is 1.74. The van der Waals surface area contributed by atoms with Gasteiger partial charge in [0.2, 0.25) is 0 Å². The topological polar surface area (TPSA) is 50.2 Å². The van der Waals surface area contributed by atoms with Crippen LogP contribution >= 0.6 is 50.5 Å². The third-order valence-corrected chi connectivity index (χ3v) is 8.39. The first-order chi connectivity index (χ1) is 16.0. The number of amides is 1. The Labute approximate surface area is 215 Å².